The molecule has 0 aromatic heterocycles. The molecule has 0 spiro atoms. The molecule has 2 atom stereocenters. The van der Waals surface area contributed by atoms with E-state index in [2.05, 4.69) is 33.9 Å². The fourth-order valence-electron chi connectivity index (χ4n) is 5.74. The number of aryl methyl sites for hydroxylation is 1. The topological polar surface area (TPSA) is 67.9 Å². The van der Waals surface area contributed by atoms with Gasteiger partial charge in [0.15, 0.2) is 0 Å². The van der Waals surface area contributed by atoms with Crippen molar-refractivity contribution in [3.63, 3.8) is 0 Å². The first-order chi connectivity index (χ1) is 20.7. The van der Waals surface area contributed by atoms with Gasteiger partial charge >= 0.3 is 12.5 Å². The smallest absolute Gasteiger partial charge is 0.406 e. The van der Waals surface area contributed by atoms with Gasteiger partial charge in [0.05, 0.1) is 6.61 Å². The van der Waals surface area contributed by atoms with Crippen LogP contribution in [0.2, 0.25) is 0 Å². The van der Waals surface area contributed by atoms with Crippen LogP contribution in [0.3, 0.4) is 0 Å². The first-order valence-electron chi connectivity index (χ1n) is 15.0. The van der Waals surface area contributed by atoms with E-state index < -0.39 is 18.9 Å². The average Bonchev–Trinajstić information content (AvgIpc) is 3.08. The van der Waals surface area contributed by atoms with Crippen molar-refractivity contribution in [3.8, 4) is 5.75 Å². The van der Waals surface area contributed by atoms with Crippen LogP contribution >= 0.6 is 0 Å². The Morgan fingerprint density at radius 3 is 2.39 bits per heavy atom. The van der Waals surface area contributed by atoms with Crippen LogP contribution in [0.4, 0.5) is 22.0 Å². The molecule has 11 heteroatoms. The molecule has 240 valence electrons. The molecule has 1 fully saturated rings. The van der Waals surface area contributed by atoms with E-state index in [-0.39, 0.29) is 30.7 Å². The molecule has 2 aliphatic rings. The lowest BCUT2D eigenvalue weighted by Crippen LogP contribution is -2.49. The van der Waals surface area contributed by atoms with E-state index in [0.717, 1.165) is 53.8 Å². The van der Waals surface area contributed by atoms with Crippen LogP contribution in [-0.2, 0) is 4.74 Å². The number of hydrogen-bond donors (Lipinski definition) is 1. The number of nitrogens with zero attached hydrogens (tertiary/aromatic N) is 1. The maximum absolute atomic E-state index is 13.3. The molecule has 1 N–H and O–H groups in total. The van der Waals surface area contributed by atoms with Crippen molar-refractivity contribution in [1.29, 1.82) is 0 Å². The Hall–Kier alpha value is -3.47. The first-order valence-corrected chi connectivity index (χ1v) is 15.0. The van der Waals surface area contributed by atoms with E-state index in [1.165, 1.54) is 19.1 Å². The summed E-state index contributed by atoms with van der Waals surface area (Å²) in [6.07, 6.45) is -0.126. The largest absolute Gasteiger partial charge is 0.573 e. The van der Waals surface area contributed by atoms with Gasteiger partial charge in [-0.05, 0) is 90.3 Å². The maximum atomic E-state index is 13.3. The minimum absolute atomic E-state index is 0.0132. The number of carbonyl (C=O) groups is 2. The fraction of sp³-hybridized carbons (Fsp3) is 0.515. The molecule has 0 radical (unpaired) electrons. The predicted octanol–water partition coefficient (Wildman–Crippen LogP) is 5.80. The Bertz CT molecular complexity index is 1440. The minimum Gasteiger partial charge on any atom is -0.406 e. The molecule has 2 amide bonds. The second-order valence-electron chi connectivity index (χ2n) is 11.7. The van der Waals surface area contributed by atoms with Crippen LogP contribution in [0.15, 0.2) is 36.4 Å². The molecule has 2 aromatic carbocycles. The predicted molar refractivity (Wildman–Crippen MR) is 157 cm³/mol. The zero-order chi connectivity index (χ0) is 32.1. The molecule has 1 heterocycles. The number of halogens is 5. The van der Waals surface area contributed by atoms with Gasteiger partial charge in [0.25, 0.3) is 11.8 Å². The highest BCUT2D eigenvalue weighted by Crippen LogP contribution is 2.30. The van der Waals surface area contributed by atoms with Gasteiger partial charge in [-0.2, -0.15) is 8.78 Å². The van der Waals surface area contributed by atoms with Gasteiger partial charge < -0.3 is 19.7 Å². The Morgan fingerprint density at radius 1 is 1.02 bits per heavy atom. The third-order valence-electron chi connectivity index (χ3n) is 8.38. The van der Waals surface area contributed by atoms with Crippen LogP contribution in [0.1, 0.15) is 72.2 Å². The van der Waals surface area contributed by atoms with Crippen molar-refractivity contribution in [2.24, 2.45) is 17.8 Å². The molecule has 2 unspecified atom stereocenters. The van der Waals surface area contributed by atoms with Crippen molar-refractivity contribution in [3.05, 3.63) is 63.5 Å². The number of fused-ring (bicyclic) bond motifs is 1. The molecule has 1 aliphatic carbocycles. The number of amides is 2. The zero-order valence-corrected chi connectivity index (χ0v) is 25.2. The van der Waals surface area contributed by atoms with Crippen molar-refractivity contribution in [2.45, 2.75) is 65.3 Å². The molecule has 1 saturated heterocycles. The number of carbonyl (C=O) groups excluding carboxylic acids is 2. The average molecular weight is 623 g/mol. The number of rotatable bonds is 12. The number of alkyl halides is 5. The van der Waals surface area contributed by atoms with Crippen molar-refractivity contribution >= 4 is 24.0 Å². The second kappa shape index (κ2) is 14.1. The minimum atomic E-state index is -4.77. The van der Waals surface area contributed by atoms with Gasteiger partial charge in [-0.3, -0.25) is 9.59 Å². The van der Waals surface area contributed by atoms with E-state index in [0.29, 0.717) is 42.0 Å². The Kier molecular flexibility index (Phi) is 10.7. The summed E-state index contributed by atoms with van der Waals surface area (Å²) in [6.45, 7) is 6.36. The summed E-state index contributed by atoms with van der Waals surface area (Å²) < 4.78 is 72.0. The number of benzene rings is 2. The van der Waals surface area contributed by atoms with Crippen molar-refractivity contribution in [2.75, 3.05) is 26.2 Å². The monoisotopic (exact) mass is 622 g/mol. The van der Waals surface area contributed by atoms with Crippen LogP contribution in [0.25, 0.3) is 12.2 Å². The third-order valence-corrected chi connectivity index (χ3v) is 8.38. The van der Waals surface area contributed by atoms with Gasteiger partial charge in [0.2, 0.25) is 0 Å². The van der Waals surface area contributed by atoms with Crippen LogP contribution in [0, 0.1) is 24.7 Å². The summed E-state index contributed by atoms with van der Waals surface area (Å²) >= 11 is 0. The third kappa shape index (κ3) is 9.03. The Labute approximate surface area is 253 Å². The van der Waals surface area contributed by atoms with Gasteiger partial charge in [0, 0.05) is 37.2 Å². The molecule has 2 aromatic rings. The SMILES string of the molecule is CCC(F)(F)OCCNC(=O)c1cc2c(cc1C)=CC(C)C(CCCC1CN(C(=O)c3ccc(OC(F)(F)F)cc3)C1)CC=2. The van der Waals surface area contributed by atoms with E-state index in [1.54, 1.807) is 4.90 Å². The maximum Gasteiger partial charge on any atom is 0.573 e. The highest BCUT2D eigenvalue weighted by atomic mass is 19.4. The summed E-state index contributed by atoms with van der Waals surface area (Å²) in [5.74, 6) is 0.258. The molecule has 0 saturated carbocycles. The lowest BCUT2D eigenvalue weighted by Gasteiger charge is -2.39. The van der Waals surface area contributed by atoms with E-state index in [9.17, 15) is 31.5 Å². The molecule has 4 rings (SSSR count). The van der Waals surface area contributed by atoms with Crippen molar-refractivity contribution in [1.82, 2.24) is 10.2 Å². The van der Waals surface area contributed by atoms with Gasteiger partial charge in [-0.15, -0.1) is 13.2 Å². The summed E-state index contributed by atoms with van der Waals surface area (Å²) in [5.41, 5.74) is 1.65. The summed E-state index contributed by atoms with van der Waals surface area (Å²) in [4.78, 5) is 27.1. The van der Waals surface area contributed by atoms with Gasteiger partial charge in [-0.25, -0.2) is 0 Å². The molecule has 6 nitrogen and oxygen atoms in total. The summed E-state index contributed by atoms with van der Waals surface area (Å²) in [7, 11) is 0. The van der Waals surface area contributed by atoms with Crippen LogP contribution < -0.4 is 20.5 Å². The fourth-order valence-corrected chi connectivity index (χ4v) is 5.74. The summed E-state index contributed by atoms with van der Waals surface area (Å²) in [5, 5.41) is 4.72. The quantitative estimate of drug-likeness (QED) is 0.240. The molecule has 0 bridgehead atoms. The molecule has 1 aliphatic heterocycles. The first kappa shape index (κ1) is 33.4. The lowest BCUT2D eigenvalue weighted by atomic mass is 9.84. The number of likely N-dealkylation sites (tertiary alicyclic amines) is 1. The number of nitrogens with one attached hydrogen (secondary N) is 1. The summed E-state index contributed by atoms with van der Waals surface area (Å²) in [6, 6.07) is 8.85. The Balaban J connectivity index is 1.24. The molecular formula is C33H39F5N2O4. The van der Waals surface area contributed by atoms with Crippen LogP contribution in [0.5, 0.6) is 5.75 Å². The van der Waals surface area contributed by atoms with Crippen LogP contribution in [-0.4, -0.2) is 55.4 Å². The van der Waals surface area contributed by atoms with E-state index >= 15 is 0 Å². The molecule has 44 heavy (non-hydrogen) atoms. The highest BCUT2D eigenvalue weighted by molar-refractivity contribution is 5.96. The lowest BCUT2D eigenvalue weighted by molar-refractivity contribution is -0.274. The van der Waals surface area contributed by atoms with Crippen molar-refractivity contribution < 1.29 is 41.0 Å². The highest BCUT2D eigenvalue weighted by Gasteiger charge is 2.33. The zero-order valence-electron chi connectivity index (χ0n) is 25.2. The van der Waals surface area contributed by atoms with Gasteiger partial charge in [0.1, 0.15) is 5.75 Å². The normalized spacial score (nSPS) is 18.8. The number of ether oxygens (including phenoxy) is 2. The molecular weight excluding hydrogens is 583 g/mol. The Morgan fingerprint density at radius 2 is 1.73 bits per heavy atom. The number of hydrogen-bond acceptors (Lipinski definition) is 4. The standard InChI is InChI=1S/C33H39F5N2O4/c1-4-32(34,35)43-15-14-39-30(41)29-18-26-9-8-24(21(2)16-27(26)17-22(29)3)7-5-6-23-19-40(20-23)31(42)25-10-12-28(13-11-25)44-33(36,37)38/h9-13,16-18,21,23-24H,4-8,14-15,19-20H2,1-3H3,(H,39,41). The second-order valence-corrected chi connectivity index (χ2v) is 11.7. The van der Waals surface area contributed by atoms with Gasteiger partial charge in [-0.1, -0.05) is 38.5 Å². The van der Waals surface area contributed by atoms with E-state index in [1.807, 2.05) is 19.1 Å². The van der Waals surface area contributed by atoms with E-state index in [4.69, 9.17) is 0 Å².